The summed E-state index contributed by atoms with van der Waals surface area (Å²) in [5.74, 6) is 6.07. The van der Waals surface area contributed by atoms with E-state index in [1.807, 2.05) is 0 Å². The molecule has 2 N–H and O–H groups in total. The Kier molecular flexibility index (Phi) is 5.18. The van der Waals surface area contributed by atoms with Crippen LogP contribution in [0.25, 0.3) is 0 Å². The van der Waals surface area contributed by atoms with Crippen molar-refractivity contribution in [3.8, 4) is 11.5 Å². The van der Waals surface area contributed by atoms with Crippen molar-refractivity contribution in [2.75, 3.05) is 20.8 Å². The van der Waals surface area contributed by atoms with E-state index in [9.17, 15) is 4.39 Å². The van der Waals surface area contributed by atoms with Crippen LogP contribution < -0.4 is 15.4 Å². The molecule has 0 aliphatic carbocycles. The first kappa shape index (κ1) is 13.7. The third-order valence-corrected chi connectivity index (χ3v) is 2.56. The second kappa shape index (κ2) is 6.42. The molecule has 1 unspecified atom stereocenters. The van der Waals surface area contributed by atoms with E-state index in [-0.39, 0.29) is 0 Å². The first-order chi connectivity index (χ1) is 8.13. The van der Waals surface area contributed by atoms with Gasteiger partial charge in [0.1, 0.15) is 6.17 Å². The SMILES string of the molecule is COc1cc(CCON)c(C(C)F)cc1OC. The number of nitrogens with two attached hydrogens (primary N) is 1. The van der Waals surface area contributed by atoms with Crippen LogP contribution in [0.5, 0.6) is 11.5 Å². The molecule has 0 saturated carbocycles. The first-order valence-electron chi connectivity index (χ1n) is 5.34. The van der Waals surface area contributed by atoms with E-state index in [2.05, 4.69) is 4.84 Å². The van der Waals surface area contributed by atoms with Crippen LogP contribution in [-0.4, -0.2) is 20.8 Å². The minimum atomic E-state index is -1.08. The fourth-order valence-electron chi connectivity index (χ4n) is 1.69. The van der Waals surface area contributed by atoms with E-state index in [0.717, 1.165) is 5.56 Å². The fraction of sp³-hybridized carbons (Fsp3) is 0.500. The lowest BCUT2D eigenvalue weighted by Gasteiger charge is -2.15. The molecular weight excluding hydrogens is 225 g/mol. The van der Waals surface area contributed by atoms with Crippen LogP contribution in [0.4, 0.5) is 4.39 Å². The van der Waals surface area contributed by atoms with Crippen molar-refractivity contribution >= 4 is 0 Å². The molecule has 0 aromatic heterocycles. The molecule has 1 aromatic carbocycles. The molecule has 0 heterocycles. The molecule has 1 rings (SSSR count). The summed E-state index contributed by atoms with van der Waals surface area (Å²) in [6, 6.07) is 3.40. The van der Waals surface area contributed by atoms with Crippen molar-refractivity contribution in [1.82, 2.24) is 0 Å². The monoisotopic (exact) mass is 243 g/mol. The standard InChI is InChI=1S/C12H18FNO3/c1-8(13)10-7-12(16-3)11(15-2)6-9(10)4-5-17-14/h6-8H,4-5,14H2,1-3H3. The third kappa shape index (κ3) is 3.31. The number of alkyl halides is 1. The van der Waals surface area contributed by atoms with E-state index in [0.29, 0.717) is 30.1 Å². The Morgan fingerprint density at radius 3 is 2.29 bits per heavy atom. The van der Waals surface area contributed by atoms with E-state index >= 15 is 0 Å². The Labute approximate surface area is 100 Å². The van der Waals surface area contributed by atoms with Crippen molar-refractivity contribution in [2.45, 2.75) is 19.5 Å². The highest BCUT2D eigenvalue weighted by atomic mass is 19.1. The fourth-order valence-corrected chi connectivity index (χ4v) is 1.69. The van der Waals surface area contributed by atoms with Gasteiger partial charge in [-0.25, -0.2) is 10.3 Å². The summed E-state index contributed by atoms with van der Waals surface area (Å²) < 4.78 is 23.8. The zero-order valence-electron chi connectivity index (χ0n) is 10.3. The van der Waals surface area contributed by atoms with Crippen molar-refractivity contribution in [3.05, 3.63) is 23.3 Å². The van der Waals surface area contributed by atoms with Gasteiger partial charge in [-0.3, -0.25) is 0 Å². The maximum Gasteiger partial charge on any atom is 0.161 e. The molecule has 0 aliphatic heterocycles. The van der Waals surface area contributed by atoms with Gasteiger partial charge >= 0.3 is 0 Å². The Balaban J connectivity index is 3.15. The average molecular weight is 243 g/mol. The van der Waals surface area contributed by atoms with Crippen LogP contribution in [-0.2, 0) is 11.3 Å². The number of hydrogen-bond acceptors (Lipinski definition) is 4. The Morgan fingerprint density at radius 2 is 1.82 bits per heavy atom. The van der Waals surface area contributed by atoms with Gasteiger partial charge < -0.3 is 14.3 Å². The van der Waals surface area contributed by atoms with Gasteiger partial charge in [0.05, 0.1) is 20.8 Å². The number of rotatable bonds is 6. The van der Waals surface area contributed by atoms with Gasteiger partial charge in [0.25, 0.3) is 0 Å². The van der Waals surface area contributed by atoms with Crippen molar-refractivity contribution in [1.29, 1.82) is 0 Å². The number of benzene rings is 1. The zero-order valence-corrected chi connectivity index (χ0v) is 10.3. The molecule has 0 radical (unpaired) electrons. The maximum atomic E-state index is 13.5. The molecule has 1 atom stereocenters. The highest BCUT2D eigenvalue weighted by Crippen LogP contribution is 2.34. The van der Waals surface area contributed by atoms with Crippen LogP contribution >= 0.6 is 0 Å². The van der Waals surface area contributed by atoms with Crippen LogP contribution in [0.15, 0.2) is 12.1 Å². The quantitative estimate of drug-likeness (QED) is 0.778. The van der Waals surface area contributed by atoms with Gasteiger partial charge in [0.15, 0.2) is 11.5 Å². The van der Waals surface area contributed by atoms with E-state index in [4.69, 9.17) is 15.4 Å². The van der Waals surface area contributed by atoms with E-state index < -0.39 is 6.17 Å². The molecule has 0 saturated heterocycles. The largest absolute Gasteiger partial charge is 0.493 e. The summed E-state index contributed by atoms with van der Waals surface area (Å²) in [4.78, 5) is 4.52. The topological polar surface area (TPSA) is 53.7 Å². The summed E-state index contributed by atoms with van der Waals surface area (Å²) >= 11 is 0. The molecule has 96 valence electrons. The summed E-state index contributed by atoms with van der Waals surface area (Å²) in [6.45, 7) is 1.81. The summed E-state index contributed by atoms with van der Waals surface area (Å²) in [6.07, 6.45) is -0.553. The molecule has 5 heteroatoms. The van der Waals surface area contributed by atoms with Crippen molar-refractivity contribution in [3.63, 3.8) is 0 Å². The Morgan fingerprint density at radius 1 is 1.24 bits per heavy atom. The predicted molar refractivity (Wildman–Crippen MR) is 62.9 cm³/mol. The van der Waals surface area contributed by atoms with Crippen molar-refractivity contribution in [2.24, 2.45) is 5.90 Å². The molecule has 0 spiro atoms. The molecule has 0 fully saturated rings. The first-order valence-corrected chi connectivity index (χ1v) is 5.34. The summed E-state index contributed by atoms with van der Waals surface area (Å²) in [5.41, 5.74) is 1.38. The number of hydrogen-bond donors (Lipinski definition) is 1. The van der Waals surface area contributed by atoms with Gasteiger partial charge in [-0.2, -0.15) is 0 Å². The zero-order chi connectivity index (χ0) is 12.8. The lowest BCUT2D eigenvalue weighted by Crippen LogP contribution is -2.07. The van der Waals surface area contributed by atoms with Gasteiger partial charge in [-0.05, 0) is 36.6 Å². The third-order valence-electron chi connectivity index (χ3n) is 2.56. The van der Waals surface area contributed by atoms with Crippen LogP contribution in [0, 0.1) is 0 Å². The second-order valence-electron chi connectivity index (χ2n) is 3.64. The van der Waals surface area contributed by atoms with Crippen LogP contribution in [0.2, 0.25) is 0 Å². The summed E-state index contributed by atoms with van der Waals surface area (Å²) in [7, 11) is 3.06. The normalized spacial score (nSPS) is 12.3. The summed E-state index contributed by atoms with van der Waals surface area (Å²) in [5, 5.41) is 0. The van der Waals surface area contributed by atoms with Gasteiger partial charge in [-0.1, -0.05) is 0 Å². The molecule has 17 heavy (non-hydrogen) atoms. The highest BCUT2D eigenvalue weighted by molar-refractivity contribution is 5.48. The van der Waals surface area contributed by atoms with Gasteiger partial charge in [0.2, 0.25) is 0 Å². The van der Waals surface area contributed by atoms with Gasteiger partial charge in [-0.15, -0.1) is 0 Å². The molecule has 1 aromatic rings. The lowest BCUT2D eigenvalue weighted by atomic mass is 10.0. The molecular formula is C12H18FNO3. The highest BCUT2D eigenvalue weighted by Gasteiger charge is 2.15. The molecule has 0 bridgehead atoms. The van der Waals surface area contributed by atoms with Crippen LogP contribution in [0.3, 0.4) is 0 Å². The molecule has 0 amide bonds. The number of ether oxygens (including phenoxy) is 2. The average Bonchev–Trinajstić information content (AvgIpc) is 2.34. The Bertz CT molecular complexity index is 369. The second-order valence-corrected chi connectivity index (χ2v) is 3.64. The molecule has 4 nitrogen and oxygen atoms in total. The predicted octanol–water partition coefficient (Wildman–Crippen LogP) is 2.17. The van der Waals surface area contributed by atoms with E-state index in [1.54, 1.807) is 19.2 Å². The smallest absolute Gasteiger partial charge is 0.161 e. The lowest BCUT2D eigenvalue weighted by molar-refractivity contribution is 0.141. The van der Waals surface area contributed by atoms with Crippen molar-refractivity contribution < 1.29 is 18.7 Å². The Hall–Kier alpha value is -1.33. The molecule has 0 aliphatic rings. The number of halogens is 1. The van der Waals surface area contributed by atoms with E-state index in [1.165, 1.54) is 14.0 Å². The maximum absolute atomic E-state index is 13.5. The minimum absolute atomic E-state index is 0.329. The number of methoxy groups -OCH3 is 2. The van der Waals surface area contributed by atoms with Gasteiger partial charge in [0, 0.05) is 0 Å². The minimum Gasteiger partial charge on any atom is -0.493 e. The van der Waals surface area contributed by atoms with Crippen LogP contribution in [0.1, 0.15) is 24.2 Å².